The quantitative estimate of drug-likeness (QED) is 0.199. The molecule has 0 aromatic carbocycles. The van der Waals surface area contributed by atoms with E-state index in [1.54, 1.807) is 6.92 Å². The Labute approximate surface area is 203 Å². The summed E-state index contributed by atoms with van der Waals surface area (Å²) < 4.78 is 29.9. The molecule has 1 aliphatic carbocycles. The molecule has 12 atom stereocenters. The van der Waals surface area contributed by atoms with Crippen molar-refractivity contribution >= 4 is 29.5 Å². The van der Waals surface area contributed by atoms with Crippen LogP contribution in [0.4, 0.5) is 0 Å². The number of fused-ring (bicyclic) bond motifs is 4. The number of aliphatic hydroxyl groups excluding tert-OH is 1. The van der Waals surface area contributed by atoms with E-state index in [1.807, 2.05) is 13.8 Å². The predicted molar refractivity (Wildman–Crippen MR) is 117 cm³/mol. The van der Waals surface area contributed by atoms with Gasteiger partial charge in [-0.25, -0.2) is 0 Å². The van der Waals surface area contributed by atoms with E-state index in [2.05, 4.69) is 6.58 Å². The minimum Gasteiger partial charge on any atom is -0.462 e. The summed E-state index contributed by atoms with van der Waals surface area (Å²) in [6, 6.07) is 0. The molecule has 4 aliphatic heterocycles. The standard InChI is InChI=1S/C24H31ClO9/c1-9-13-7-14(30-11(3)26)22(5)15(31-12(4)27)8-16-23(6,34-16)18(22)19(28)24(33-13)10(2)21(29)32-20(24)17(9)25/h10,13-20,28H,1,7-8H2,2-6H3/t10-,13-,14+,15-,16-,17-,18+,19+,20-,22-,23-,24+/m0/s1. The van der Waals surface area contributed by atoms with Gasteiger partial charge in [0, 0.05) is 32.6 Å². The van der Waals surface area contributed by atoms with Crippen LogP contribution in [0.25, 0.3) is 0 Å². The molecule has 5 rings (SSSR count). The largest absolute Gasteiger partial charge is 0.462 e. The van der Waals surface area contributed by atoms with E-state index in [0.717, 1.165) is 0 Å². The second-order valence-electron chi connectivity index (χ2n) is 10.8. The maximum Gasteiger partial charge on any atom is 0.312 e. The van der Waals surface area contributed by atoms with Crippen LogP contribution in [-0.2, 0) is 38.1 Å². The summed E-state index contributed by atoms with van der Waals surface area (Å²) in [5.74, 6) is -3.09. The smallest absolute Gasteiger partial charge is 0.312 e. The van der Waals surface area contributed by atoms with Gasteiger partial charge >= 0.3 is 17.9 Å². The molecule has 34 heavy (non-hydrogen) atoms. The van der Waals surface area contributed by atoms with Crippen molar-refractivity contribution in [1.82, 2.24) is 0 Å². The highest BCUT2D eigenvalue weighted by Crippen LogP contribution is 2.66. The van der Waals surface area contributed by atoms with Crippen molar-refractivity contribution in [2.45, 2.75) is 101 Å². The van der Waals surface area contributed by atoms with Crippen molar-refractivity contribution in [2.75, 3.05) is 0 Å². The highest BCUT2D eigenvalue weighted by Gasteiger charge is 2.79. The highest BCUT2D eigenvalue weighted by molar-refractivity contribution is 6.23. The SMILES string of the molecule is C=C1[C@@H]2C[C@@H](OC(C)=O)[C@@]3(C)[C@@H](OC(C)=O)C[C@@H]4O[C@]4(C)[C@@H]3[C@@H](O)[C@]3(O2)[C@@H](C)C(=O)O[C@H]3[C@H]1Cl. The Hall–Kier alpha value is -1.68. The van der Waals surface area contributed by atoms with Crippen LogP contribution in [0.15, 0.2) is 12.2 Å². The van der Waals surface area contributed by atoms with Crippen LogP contribution in [0, 0.1) is 17.3 Å². The van der Waals surface area contributed by atoms with Gasteiger partial charge in [-0.05, 0) is 19.4 Å². The van der Waals surface area contributed by atoms with Crippen LogP contribution < -0.4 is 0 Å². The summed E-state index contributed by atoms with van der Waals surface area (Å²) >= 11 is 6.75. The lowest BCUT2D eigenvalue weighted by atomic mass is 9.52. The average molecular weight is 499 g/mol. The van der Waals surface area contributed by atoms with E-state index in [-0.39, 0.29) is 12.5 Å². The van der Waals surface area contributed by atoms with E-state index < -0.39 is 82.3 Å². The third-order valence-corrected chi connectivity index (χ3v) is 9.51. The third kappa shape index (κ3) is 2.93. The number of ether oxygens (including phenoxy) is 5. The number of hydrogen-bond donors (Lipinski definition) is 1. The summed E-state index contributed by atoms with van der Waals surface area (Å²) in [6.45, 7) is 12.1. The first-order valence-corrected chi connectivity index (χ1v) is 12.1. The molecule has 188 valence electrons. The van der Waals surface area contributed by atoms with Gasteiger partial charge in [0.2, 0.25) is 0 Å². The Morgan fingerprint density at radius 1 is 1.12 bits per heavy atom. The number of rotatable bonds is 2. The van der Waals surface area contributed by atoms with Gasteiger partial charge in [-0.1, -0.05) is 13.5 Å². The van der Waals surface area contributed by atoms with Crippen molar-refractivity contribution in [2.24, 2.45) is 17.3 Å². The molecule has 9 nitrogen and oxygen atoms in total. The molecule has 1 saturated carbocycles. The lowest BCUT2D eigenvalue weighted by Gasteiger charge is -2.60. The van der Waals surface area contributed by atoms with Gasteiger partial charge in [0.15, 0.2) is 6.10 Å². The van der Waals surface area contributed by atoms with Crippen LogP contribution in [0.5, 0.6) is 0 Å². The lowest BCUT2D eigenvalue weighted by Crippen LogP contribution is -2.73. The zero-order chi connectivity index (χ0) is 25.0. The predicted octanol–water partition coefficient (Wildman–Crippen LogP) is 1.66. The number of halogens is 1. The van der Waals surface area contributed by atoms with Crippen molar-refractivity contribution in [3.63, 3.8) is 0 Å². The first-order chi connectivity index (χ1) is 15.8. The monoisotopic (exact) mass is 498 g/mol. The van der Waals surface area contributed by atoms with Gasteiger partial charge in [-0.15, -0.1) is 11.6 Å². The minimum atomic E-state index is -1.47. The Bertz CT molecular complexity index is 968. The summed E-state index contributed by atoms with van der Waals surface area (Å²) in [4.78, 5) is 37.1. The minimum absolute atomic E-state index is 0.162. The molecular weight excluding hydrogens is 468 g/mol. The lowest BCUT2D eigenvalue weighted by molar-refractivity contribution is -0.277. The van der Waals surface area contributed by atoms with Crippen molar-refractivity contribution in [1.29, 1.82) is 0 Å². The average Bonchev–Trinajstić information content (AvgIpc) is 3.32. The molecule has 0 radical (unpaired) electrons. The molecule has 4 saturated heterocycles. The van der Waals surface area contributed by atoms with Gasteiger partial charge in [0.05, 0.1) is 40.6 Å². The van der Waals surface area contributed by atoms with E-state index in [9.17, 15) is 19.5 Å². The summed E-state index contributed by atoms with van der Waals surface area (Å²) in [6.07, 6.45) is -4.26. The normalized spacial score (nSPS) is 53.3. The maximum atomic E-state index is 12.8. The summed E-state index contributed by atoms with van der Waals surface area (Å²) in [5.41, 5.74) is -2.88. The van der Waals surface area contributed by atoms with Crippen LogP contribution in [0.1, 0.15) is 47.5 Å². The summed E-state index contributed by atoms with van der Waals surface area (Å²) in [7, 11) is 0. The van der Waals surface area contributed by atoms with Gasteiger partial charge in [0.1, 0.15) is 17.8 Å². The first kappa shape index (κ1) is 24.0. The molecule has 0 aromatic rings. The van der Waals surface area contributed by atoms with Crippen LogP contribution >= 0.6 is 11.6 Å². The molecule has 5 fully saturated rings. The number of carbonyl (C=O) groups excluding carboxylic acids is 3. The molecule has 0 aromatic heterocycles. The fourth-order valence-electron chi connectivity index (χ4n) is 7.21. The van der Waals surface area contributed by atoms with Gasteiger partial charge in [-0.3, -0.25) is 14.4 Å². The van der Waals surface area contributed by atoms with E-state index >= 15 is 0 Å². The molecule has 2 bridgehead atoms. The van der Waals surface area contributed by atoms with Crippen LogP contribution in [0.2, 0.25) is 0 Å². The maximum absolute atomic E-state index is 12.8. The zero-order valence-corrected chi connectivity index (χ0v) is 20.7. The Kier molecular flexibility index (Phi) is 5.24. The second kappa shape index (κ2) is 7.41. The van der Waals surface area contributed by atoms with Crippen molar-refractivity contribution in [3.8, 4) is 0 Å². The van der Waals surface area contributed by atoms with E-state index in [4.69, 9.17) is 35.3 Å². The molecule has 10 heteroatoms. The molecule has 1 N–H and O–H groups in total. The second-order valence-corrected chi connectivity index (χ2v) is 11.2. The number of aliphatic hydroxyl groups is 1. The van der Waals surface area contributed by atoms with E-state index in [0.29, 0.717) is 12.0 Å². The van der Waals surface area contributed by atoms with Gasteiger partial charge in [0.25, 0.3) is 0 Å². The molecular formula is C24H31ClO9. The molecule has 0 unspecified atom stereocenters. The fraction of sp³-hybridized carbons (Fsp3) is 0.792. The van der Waals surface area contributed by atoms with Crippen molar-refractivity contribution < 1.29 is 43.2 Å². The van der Waals surface area contributed by atoms with Crippen LogP contribution in [-0.4, -0.2) is 76.2 Å². The Morgan fingerprint density at radius 2 is 1.71 bits per heavy atom. The zero-order valence-electron chi connectivity index (χ0n) is 19.9. The van der Waals surface area contributed by atoms with E-state index in [1.165, 1.54) is 13.8 Å². The Morgan fingerprint density at radius 3 is 2.29 bits per heavy atom. The molecule has 5 aliphatic rings. The van der Waals surface area contributed by atoms with Crippen LogP contribution in [0.3, 0.4) is 0 Å². The first-order valence-electron chi connectivity index (χ1n) is 11.7. The Balaban J connectivity index is 1.73. The van der Waals surface area contributed by atoms with Gasteiger partial charge < -0.3 is 28.8 Å². The molecule has 0 amide bonds. The number of esters is 3. The molecule has 4 heterocycles. The third-order valence-electron chi connectivity index (χ3n) is 9.00. The number of hydrogen-bond acceptors (Lipinski definition) is 9. The van der Waals surface area contributed by atoms with Crippen molar-refractivity contribution in [3.05, 3.63) is 12.2 Å². The number of carbonyl (C=O) groups is 3. The topological polar surface area (TPSA) is 121 Å². The molecule has 1 spiro atoms. The van der Waals surface area contributed by atoms with Gasteiger partial charge in [-0.2, -0.15) is 0 Å². The fourth-order valence-corrected chi connectivity index (χ4v) is 7.60. The number of epoxide rings is 1. The summed E-state index contributed by atoms with van der Waals surface area (Å²) in [5, 5.41) is 11.4. The highest BCUT2D eigenvalue weighted by atomic mass is 35.5. The number of alkyl halides is 1.